The lowest BCUT2D eigenvalue weighted by molar-refractivity contribution is -0.137. The highest BCUT2D eigenvalue weighted by atomic mass is 16.5. The highest BCUT2D eigenvalue weighted by Gasteiger charge is 2.18. The molecule has 2 unspecified atom stereocenters. The maximum Gasteiger partial charge on any atom is 0.339 e. The van der Waals surface area contributed by atoms with Crippen LogP contribution in [0.2, 0.25) is 0 Å². The van der Waals surface area contributed by atoms with E-state index in [0.29, 0.717) is 0 Å². The number of carbonyl (C=O) groups excluding carboxylic acids is 2. The fourth-order valence-electron chi connectivity index (χ4n) is 2.60. The van der Waals surface area contributed by atoms with Crippen LogP contribution in [-0.4, -0.2) is 56.5 Å². The van der Waals surface area contributed by atoms with Crippen LogP contribution < -0.4 is 9.47 Å². The van der Waals surface area contributed by atoms with Gasteiger partial charge < -0.3 is 29.9 Å². The smallest absolute Gasteiger partial charge is 0.339 e. The number of aliphatic hydroxyl groups excluding tert-OH is 2. The minimum Gasteiger partial charge on any atom is -0.478 e. The second-order valence-electron chi connectivity index (χ2n) is 7.23. The van der Waals surface area contributed by atoms with Gasteiger partial charge in [0.25, 0.3) is 0 Å². The summed E-state index contributed by atoms with van der Waals surface area (Å²) in [4.78, 5) is 46.5. The number of aromatic carboxylic acids is 2. The summed E-state index contributed by atoms with van der Waals surface area (Å²) in [5.74, 6) is -4.91. The number of esters is 2. The lowest BCUT2D eigenvalue weighted by Crippen LogP contribution is -2.16. The van der Waals surface area contributed by atoms with Gasteiger partial charge in [0.15, 0.2) is 0 Å². The summed E-state index contributed by atoms with van der Waals surface area (Å²) in [7, 11) is 0. The molecule has 12 nitrogen and oxygen atoms in total. The molecule has 2 aromatic rings. The van der Waals surface area contributed by atoms with E-state index in [0.717, 1.165) is 12.1 Å². The lowest BCUT2D eigenvalue weighted by Gasteiger charge is -2.09. The Balaban J connectivity index is 2.26. The third-order valence-electron chi connectivity index (χ3n) is 4.04. The topological polar surface area (TPSA) is 192 Å². The van der Waals surface area contributed by atoms with Crippen molar-refractivity contribution >= 4 is 35.3 Å². The minimum absolute atomic E-state index is 0.0667. The first-order valence-electron chi connectivity index (χ1n) is 9.90. The summed E-state index contributed by atoms with van der Waals surface area (Å²) < 4.78 is 9.94. The Morgan fingerprint density at radius 1 is 0.735 bits per heavy atom. The van der Waals surface area contributed by atoms with Gasteiger partial charge in [0.05, 0.1) is 36.4 Å². The van der Waals surface area contributed by atoms with E-state index in [4.69, 9.17) is 9.47 Å². The third-order valence-corrected chi connectivity index (χ3v) is 4.04. The van der Waals surface area contributed by atoms with Crippen molar-refractivity contribution in [3.8, 4) is 11.5 Å². The van der Waals surface area contributed by atoms with Crippen LogP contribution in [0.1, 0.15) is 47.4 Å². The molecule has 180 valence electrons. The monoisotopic (exact) mass is 474 g/mol. The first kappa shape index (κ1) is 26.1. The average molecular weight is 474 g/mol. The normalized spacial score (nSPS) is 12.7. The zero-order chi connectivity index (χ0) is 25.4. The van der Waals surface area contributed by atoms with E-state index >= 15 is 0 Å². The molecule has 0 spiro atoms. The van der Waals surface area contributed by atoms with Gasteiger partial charge in [0, 0.05) is 0 Å². The van der Waals surface area contributed by atoms with Gasteiger partial charge in [0.1, 0.15) is 22.6 Å². The maximum absolute atomic E-state index is 11.7. The van der Waals surface area contributed by atoms with Crippen LogP contribution in [0.3, 0.4) is 0 Å². The number of aliphatic hydroxyl groups is 2. The van der Waals surface area contributed by atoms with E-state index in [9.17, 15) is 39.6 Å². The van der Waals surface area contributed by atoms with E-state index < -0.39 is 36.1 Å². The van der Waals surface area contributed by atoms with Crippen LogP contribution in [0.5, 0.6) is 11.5 Å². The van der Waals surface area contributed by atoms with Gasteiger partial charge >= 0.3 is 23.9 Å². The number of hydrogen-bond acceptors (Lipinski definition) is 10. The molecule has 0 aliphatic carbocycles. The molecule has 0 amide bonds. The van der Waals surface area contributed by atoms with E-state index in [2.05, 4.69) is 10.2 Å². The summed E-state index contributed by atoms with van der Waals surface area (Å²) in [6.45, 7) is 2.76. The molecule has 2 rings (SSSR count). The molecular formula is C22H22N2O10. The largest absolute Gasteiger partial charge is 0.478 e. The molecule has 34 heavy (non-hydrogen) atoms. The van der Waals surface area contributed by atoms with Gasteiger partial charge in [-0.3, -0.25) is 9.59 Å². The molecule has 0 aliphatic heterocycles. The lowest BCUT2D eigenvalue weighted by atomic mass is 10.1. The van der Waals surface area contributed by atoms with Gasteiger partial charge in [-0.1, -0.05) is 0 Å². The molecule has 2 aromatic carbocycles. The first-order valence-corrected chi connectivity index (χ1v) is 9.90. The van der Waals surface area contributed by atoms with Crippen LogP contribution in [0.25, 0.3) is 0 Å². The SMILES string of the molecule is CC(O)CC(=O)Oc1ccc(/N=N/c2ccc(OC(=O)CC(C)O)c(C(=O)O)c2)cc1C(=O)O. The van der Waals surface area contributed by atoms with Crippen molar-refractivity contribution in [2.45, 2.75) is 38.9 Å². The van der Waals surface area contributed by atoms with Crippen LogP contribution in [0.4, 0.5) is 11.4 Å². The van der Waals surface area contributed by atoms with Crippen molar-refractivity contribution in [3.05, 3.63) is 47.5 Å². The van der Waals surface area contributed by atoms with E-state index in [1.165, 1.54) is 38.1 Å². The van der Waals surface area contributed by atoms with E-state index in [1.807, 2.05) is 0 Å². The molecular weight excluding hydrogens is 452 g/mol. The number of rotatable bonds is 10. The molecule has 0 aliphatic rings. The van der Waals surface area contributed by atoms with Crippen molar-refractivity contribution in [2.24, 2.45) is 10.2 Å². The van der Waals surface area contributed by atoms with Crippen LogP contribution in [0, 0.1) is 0 Å². The Labute approximate surface area is 193 Å². The highest BCUT2D eigenvalue weighted by Crippen LogP contribution is 2.29. The molecule has 2 atom stereocenters. The van der Waals surface area contributed by atoms with Crippen LogP contribution in [-0.2, 0) is 9.59 Å². The summed E-state index contributed by atoms with van der Waals surface area (Å²) in [6.07, 6.45) is -2.57. The zero-order valence-corrected chi connectivity index (χ0v) is 18.2. The number of azo groups is 1. The van der Waals surface area contributed by atoms with Crippen molar-refractivity contribution in [1.29, 1.82) is 0 Å². The highest BCUT2D eigenvalue weighted by molar-refractivity contribution is 5.94. The van der Waals surface area contributed by atoms with Crippen molar-refractivity contribution in [3.63, 3.8) is 0 Å². The number of carboxylic acids is 2. The van der Waals surface area contributed by atoms with E-state index in [-0.39, 0.29) is 46.8 Å². The molecule has 0 radical (unpaired) electrons. The molecule has 0 bridgehead atoms. The van der Waals surface area contributed by atoms with E-state index in [1.54, 1.807) is 0 Å². The van der Waals surface area contributed by atoms with Gasteiger partial charge in [-0.05, 0) is 50.2 Å². The third kappa shape index (κ3) is 7.76. The van der Waals surface area contributed by atoms with Crippen LogP contribution >= 0.6 is 0 Å². The molecule has 0 aromatic heterocycles. The van der Waals surface area contributed by atoms with Crippen molar-refractivity contribution < 1.29 is 49.1 Å². The predicted molar refractivity (Wildman–Crippen MR) is 115 cm³/mol. The average Bonchev–Trinajstić information content (AvgIpc) is 2.72. The molecule has 12 heteroatoms. The summed E-state index contributed by atoms with van der Waals surface area (Å²) in [5, 5.41) is 45.0. The van der Waals surface area contributed by atoms with Crippen molar-refractivity contribution in [2.75, 3.05) is 0 Å². The number of hydrogen-bond donors (Lipinski definition) is 4. The summed E-state index contributed by atoms with van der Waals surface area (Å²) >= 11 is 0. The fraction of sp³-hybridized carbons (Fsp3) is 0.273. The van der Waals surface area contributed by atoms with Gasteiger partial charge in [-0.25, -0.2) is 9.59 Å². The molecule has 0 saturated heterocycles. The first-order chi connectivity index (χ1) is 16.0. The second-order valence-corrected chi connectivity index (χ2v) is 7.23. The molecule has 0 fully saturated rings. The summed E-state index contributed by atoms with van der Waals surface area (Å²) in [5.41, 5.74) is -0.613. The Kier molecular flexibility index (Phi) is 8.93. The molecule has 0 saturated carbocycles. The number of nitrogens with zero attached hydrogens (tertiary/aromatic N) is 2. The Morgan fingerprint density at radius 2 is 1.09 bits per heavy atom. The minimum atomic E-state index is -1.39. The number of carbonyl (C=O) groups is 4. The quantitative estimate of drug-likeness (QED) is 0.226. The number of ether oxygens (including phenoxy) is 2. The summed E-state index contributed by atoms with van der Waals surface area (Å²) in [6, 6.07) is 7.25. The molecule has 4 N–H and O–H groups in total. The number of benzene rings is 2. The Hall–Kier alpha value is -4.16. The van der Waals surface area contributed by atoms with Gasteiger partial charge in [0.2, 0.25) is 0 Å². The maximum atomic E-state index is 11.7. The second kappa shape index (κ2) is 11.6. The number of carboxylic acid groups (broad SMARTS) is 2. The van der Waals surface area contributed by atoms with Gasteiger partial charge in [-0.15, -0.1) is 0 Å². The Morgan fingerprint density at radius 3 is 1.38 bits per heavy atom. The van der Waals surface area contributed by atoms with Crippen LogP contribution in [0.15, 0.2) is 46.6 Å². The standard InChI is InChI=1S/C22H22N2O10/c1-11(25)7-19(27)33-17-5-3-13(9-15(17)21(29)30)23-24-14-4-6-18(16(10-14)22(31)32)34-20(28)8-12(2)26/h3-6,9-12,25-26H,7-8H2,1-2H3,(H,29,30)(H,31,32)/b24-23+. The van der Waals surface area contributed by atoms with Gasteiger partial charge in [-0.2, -0.15) is 10.2 Å². The zero-order valence-electron chi connectivity index (χ0n) is 18.2. The predicted octanol–water partition coefficient (Wildman–Crippen LogP) is 2.85. The van der Waals surface area contributed by atoms with Crippen molar-refractivity contribution in [1.82, 2.24) is 0 Å². The fourth-order valence-corrected chi connectivity index (χ4v) is 2.60. The Bertz CT molecular complexity index is 1040. The molecule has 0 heterocycles.